The van der Waals surface area contributed by atoms with E-state index in [1.54, 1.807) is 0 Å². The zero-order valence-electron chi connectivity index (χ0n) is 10.3. The minimum Gasteiger partial charge on any atom is -0.374 e. The predicted octanol–water partition coefficient (Wildman–Crippen LogP) is 2.97. The lowest BCUT2D eigenvalue weighted by Crippen LogP contribution is -2.31. The Morgan fingerprint density at radius 3 is 2.36 bits per heavy atom. The fourth-order valence-corrected chi connectivity index (χ4v) is 1.53. The lowest BCUT2D eigenvalue weighted by atomic mass is 10.2. The Labute approximate surface area is 89.4 Å². The van der Waals surface area contributed by atoms with Crippen LogP contribution in [0.25, 0.3) is 0 Å². The zero-order valence-corrected chi connectivity index (χ0v) is 10.3. The molecule has 0 fully saturated rings. The standard InChI is InChI=1S/C12H27NO/c1-5-8-11(4)14-12(7-3)10-13-9-6-2/h11-13H,5-10H2,1-4H3. The van der Waals surface area contributed by atoms with Crippen LogP contribution in [0.15, 0.2) is 0 Å². The average molecular weight is 201 g/mol. The predicted molar refractivity (Wildman–Crippen MR) is 62.7 cm³/mol. The van der Waals surface area contributed by atoms with Gasteiger partial charge in [0.2, 0.25) is 0 Å². The summed E-state index contributed by atoms with van der Waals surface area (Å²) in [6, 6.07) is 0. The third kappa shape index (κ3) is 7.34. The summed E-state index contributed by atoms with van der Waals surface area (Å²) in [5, 5.41) is 3.41. The molecule has 0 aromatic rings. The molecule has 0 bridgehead atoms. The second kappa shape index (κ2) is 9.47. The van der Waals surface area contributed by atoms with Crippen molar-refractivity contribution >= 4 is 0 Å². The normalized spacial score (nSPS) is 15.4. The molecule has 0 aromatic heterocycles. The molecule has 0 rings (SSSR count). The number of nitrogens with one attached hydrogen (secondary N) is 1. The van der Waals surface area contributed by atoms with Gasteiger partial charge >= 0.3 is 0 Å². The van der Waals surface area contributed by atoms with Crippen molar-refractivity contribution in [2.45, 2.75) is 65.6 Å². The van der Waals surface area contributed by atoms with Gasteiger partial charge in [-0.2, -0.15) is 0 Å². The van der Waals surface area contributed by atoms with Crippen molar-refractivity contribution in [1.82, 2.24) is 5.32 Å². The fourth-order valence-electron chi connectivity index (χ4n) is 1.53. The van der Waals surface area contributed by atoms with Crippen LogP contribution in [0.1, 0.15) is 53.4 Å². The minimum absolute atomic E-state index is 0.392. The molecule has 14 heavy (non-hydrogen) atoms. The van der Waals surface area contributed by atoms with E-state index in [1.807, 2.05) is 0 Å². The van der Waals surface area contributed by atoms with E-state index in [9.17, 15) is 0 Å². The van der Waals surface area contributed by atoms with Crippen molar-refractivity contribution < 1.29 is 4.74 Å². The van der Waals surface area contributed by atoms with E-state index in [1.165, 1.54) is 19.3 Å². The topological polar surface area (TPSA) is 21.3 Å². The Hall–Kier alpha value is -0.0800. The van der Waals surface area contributed by atoms with Gasteiger partial charge in [0.15, 0.2) is 0 Å². The molecule has 2 nitrogen and oxygen atoms in total. The summed E-state index contributed by atoms with van der Waals surface area (Å²) in [7, 11) is 0. The maximum Gasteiger partial charge on any atom is 0.0700 e. The van der Waals surface area contributed by atoms with Crippen molar-refractivity contribution in [3.8, 4) is 0 Å². The third-order valence-corrected chi connectivity index (χ3v) is 2.37. The van der Waals surface area contributed by atoms with Gasteiger partial charge in [-0.3, -0.25) is 0 Å². The van der Waals surface area contributed by atoms with E-state index in [2.05, 4.69) is 33.0 Å². The minimum atomic E-state index is 0.392. The van der Waals surface area contributed by atoms with Crippen LogP contribution in [-0.2, 0) is 4.74 Å². The third-order valence-electron chi connectivity index (χ3n) is 2.37. The largest absolute Gasteiger partial charge is 0.374 e. The van der Waals surface area contributed by atoms with Gasteiger partial charge in [-0.1, -0.05) is 27.2 Å². The van der Waals surface area contributed by atoms with Crippen molar-refractivity contribution in [2.75, 3.05) is 13.1 Å². The fraction of sp³-hybridized carbons (Fsp3) is 1.00. The first-order valence-electron chi connectivity index (χ1n) is 6.10. The molecule has 0 aliphatic carbocycles. The molecular formula is C12H27NO. The molecule has 2 heteroatoms. The molecule has 2 atom stereocenters. The van der Waals surface area contributed by atoms with Crippen molar-refractivity contribution in [3.63, 3.8) is 0 Å². The van der Waals surface area contributed by atoms with E-state index in [-0.39, 0.29) is 0 Å². The van der Waals surface area contributed by atoms with Crippen LogP contribution >= 0.6 is 0 Å². The summed E-state index contributed by atoms with van der Waals surface area (Å²) < 4.78 is 5.92. The average Bonchev–Trinajstić information content (AvgIpc) is 2.17. The first kappa shape index (κ1) is 13.9. The molecule has 0 aliphatic heterocycles. The van der Waals surface area contributed by atoms with Crippen LogP contribution < -0.4 is 5.32 Å². The van der Waals surface area contributed by atoms with Crippen molar-refractivity contribution in [2.24, 2.45) is 0 Å². The molecule has 0 saturated heterocycles. The highest BCUT2D eigenvalue weighted by Crippen LogP contribution is 2.06. The SMILES string of the molecule is CCCNCC(CC)OC(C)CCC. The smallest absolute Gasteiger partial charge is 0.0700 e. The molecular weight excluding hydrogens is 174 g/mol. The Bertz CT molecular complexity index is 117. The van der Waals surface area contributed by atoms with E-state index >= 15 is 0 Å². The molecule has 0 radical (unpaired) electrons. The first-order chi connectivity index (χ1) is 6.74. The van der Waals surface area contributed by atoms with Crippen LogP contribution in [-0.4, -0.2) is 25.3 Å². The quantitative estimate of drug-likeness (QED) is 0.579. The summed E-state index contributed by atoms with van der Waals surface area (Å²) >= 11 is 0. The zero-order chi connectivity index (χ0) is 10.8. The van der Waals surface area contributed by atoms with Gasteiger partial charge in [-0.05, 0) is 32.7 Å². The van der Waals surface area contributed by atoms with Gasteiger partial charge in [0.25, 0.3) is 0 Å². The highest BCUT2D eigenvalue weighted by molar-refractivity contribution is 4.62. The number of ether oxygens (including phenoxy) is 1. The lowest BCUT2D eigenvalue weighted by molar-refractivity contribution is -0.00720. The Kier molecular flexibility index (Phi) is 9.42. The van der Waals surface area contributed by atoms with E-state index in [0.29, 0.717) is 12.2 Å². The monoisotopic (exact) mass is 201 g/mol. The van der Waals surface area contributed by atoms with E-state index < -0.39 is 0 Å². The molecule has 0 heterocycles. The Morgan fingerprint density at radius 1 is 1.14 bits per heavy atom. The highest BCUT2D eigenvalue weighted by Gasteiger charge is 2.09. The summed E-state index contributed by atoms with van der Waals surface area (Å²) in [6.07, 6.45) is 5.48. The highest BCUT2D eigenvalue weighted by atomic mass is 16.5. The van der Waals surface area contributed by atoms with Gasteiger partial charge in [-0.15, -0.1) is 0 Å². The molecule has 0 amide bonds. The molecule has 0 aromatic carbocycles. The van der Waals surface area contributed by atoms with Crippen molar-refractivity contribution in [1.29, 1.82) is 0 Å². The van der Waals surface area contributed by atoms with Gasteiger partial charge < -0.3 is 10.1 Å². The summed E-state index contributed by atoms with van der Waals surface area (Å²) in [6.45, 7) is 10.9. The van der Waals surface area contributed by atoms with Crippen LogP contribution in [0.4, 0.5) is 0 Å². The van der Waals surface area contributed by atoms with Crippen molar-refractivity contribution in [3.05, 3.63) is 0 Å². The molecule has 0 saturated carbocycles. The Morgan fingerprint density at radius 2 is 1.86 bits per heavy atom. The van der Waals surface area contributed by atoms with Crippen LogP contribution in [0.2, 0.25) is 0 Å². The summed E-state index contributed by atoms with van der Waals surface area (Å²) in [4.78, 5) is 0. The maximum atomic E-state index is 5.92. The van der Waals surface area contributed by atoms with Gasteiger partial charge in [0, 0.05) is 6.54 Å². The van der Waals surface area contributed by atoms with E-state index in [4.69, 9.17) is 4.74 Å². The lowest BCUT2D eigenvalue weighted by Gasteiger charge is -2.21. The van der Waals surface area contributed by atoms with Crippen LogP contribution in [0.3, 0.4) is 0 Å². The molecule has 2 unspecified atom stereocenters. The summed E-state index contributed by atoms with van der Waals surface area (Å²) in [5.41, 5.74) is 0. The molecule has 1 N–H and O–H groups in total. The van der Waals surface area contributed by atoms with E-state index in [0.717, 1.165) is 19.5 Å². The molecule has 0 spiro atoms. The van der Waals surface area contributed by atoms with Crippen LogP contribution in [0.5, 0.6) is 0 Å². The second-order valence-electron chi connectivity index (χ2n) is 3.97. The number of hydrogen-bond donors (Lipinski definition) is 1. The first-order valence-corrected chi connectivity index (χ1v) is 6.10. The van der Waals surface area contributed by atoms with Crippen LogP contribution in [0, 0.1) is 0 Å². The number of rotatable bonds is 9. The Balaban J connectivity index is 3.55. The van der Waals surface area contributed by atoms with Gasteiger partial charge in [-0.25, -0.2) is 0 Å². The summed E-state index contributed by atoms with van der Waals surface area (Å²) in [5.74, 6) is 0. The molecule has 0 aliphatic rings. The molecule has 86 valence electrons. The maximum absolute atomic E-state index is 5.92. The second-order valence-corrected chi connectivity index (χ2v) is 3.97. The van der Waals surface area contributed by atoms with Gasteiger partial charge in [0.05, 0.1) is 12.2 Å². The number of hydrogen-bond acceptors (Lipinski definition) is 2. The van der Waals surface area contributed by atoms with Gasteiger partial charge in [0.1, 0.15) is 0 Å².